The van der Waals surface area contributed by atoms with Crippen molar-refractivity contribution in [3.8, 4) is 0 Å². The van der Waals surface area contributed by atoms with Crippen molar-refractivity contribution < 1.29 is 43.3 Å². The Morgan fingerprint density at radius 1 is 1.07 bits per heavy atom. The van der Waals surface area contributed by atoms with Crippen molar-refractivity contribution in [3.05, 3.63) is 71.8 Å². The average molecular weight is 613 g/mol. The number of benzene rings is 2. The number of nitrogens with zero attached hydrogens (tertiary/aromatic N) is 2. The van der Waals surface area contributed by atoms with Crippen LogP contribution in [0, 0.1) is 11.7 Å². The van der Waals surface area contributed by atoms with Crippen molar-refractivity contribution in [2.24, 2.45) is 11.7 Å². The first-order valence-corrected chi connectivity index (χ1v) is 14.1. The number of aliphatic carboxylic acids is 1. The van der Waals surface area contributed by atoms with Crippen molar-refractivity contribution in [3.63, 3.8) is 0 Å². The van der Waals surface area contributed by atoms with E-state index >= 15 is 0 Å². The van der Waals surface area contributed by atoms with Gasteiger partial charge in [0.1, 0.15) is 11.5 Å². The summed E-state index contributed by atoms with van der Waals surface area (Å²) in [6, 6.07) is 11.8. The lowest BCUT2D eigenvalue weighted by Gasteiger charge is -2.31. The van der Waals surface area contributed by atoms with Crippen molar-refractivity contribution >= 4 is 34.8 Å². The molecular weight excluding hydrogens is 575 g/mol. The number of nitrogens with two attached hydrogens (primary N) is 1. The molecule has 12 nitrogen and oxygen atoms in total. The van der Waals surface area contributed by atoms with E-state index in [9.17, 15) is 28.7 Å². The van der Waals surface area contributed by atoms with Crippen LogP contribution in [-0.4, -0.2) is 68.5 Å². The van der Waals surface area contributed by atoms with Crippen molar-refractivity contribution in [1.82, 2.24) is 15.3 Å². The van der Waals surface area contributed by atoms with Crippen molar-refractivity contribution in [1.29, 1.82) is 0 Å². The number of para-hydroxylation sites is 2. The minimum absolute atomic E-state index is 0.000252. The van der Waals surface area contributed by atoms with Crippen LogP contribution in [0.1, 0.15) is 62.0 Å². The Hall–Kier alpha value is -4.49. The maximum absolute atomic E-state index is 14.1. The Morgan fingerprint density at radius 3 is 2.45 bits per heavy atom. The fourth-order valence-corrected chi connectivity index (χ4v) is 4.50. The minimum Gasteiger partial charge on any atom is -0.481 e. The lowest BCUT2D eigenvalue weighted by Crippen LogP contribution is -2.48. The van der Waals surface area contributed by atoms with Crippen LogP contribution in [-0.2, 0) is 30.3 Å². The van der Waals surface area contributed by atoms with Crippen LogP contribution in [0.4, 0.5) is 4.39 Å². The summed E-state index contributed by atoms with van der Waals surface area (Å²) in [4.78, 5) is 57.4. The number of halogens is 1. The van der Waals surface area contributed by atoms with Gasteiger partial charge in [-0.1, -0.05) is 24.3 Å². The second kappa shape index (κ2) is 15.8. The first-order valence-electron chi connectivity index (χ1n) is 14.1. The number of aromatic nitrogens is 2. The highest BCUT2D eigenvalue weighted by Crippen LogP contribution is 2.24. The number of rotatable bonds is 17. The molecule has 0 aliphatic rings. The first kappa shape index (κ1) is 34.0. The van der Waals surface area contributed by atoms with Gasteiger partial charge in [-0.25, -0.2) is 9.37 Å². The van der Waals surface area contributed by atoms with Crippen LogP contribution < -0.4 is 11.1 Å². The summed E-state index contributed by atoms with van der Waals surface area (Å²) in [7, 11) is 0. The molecule has 3 aromatic rings. The molecule has 44 heavy (non-hydrogen) atoms. The lowest BCUT2D eigenvalue weighted by atomic mass is 9.87. The third kappa shape index (κ3) is 11.3. The lowest BCUT2D eigenvalue weighted by molar-refractivity contribution is -0.165. The summed E-state index contributed by atoms with van der Waals surface area (Å²) in [5.41, 5.74) is 6.19. The highest BCUT2D eigenvalue weighted by Gasteiger charge is 2.32. The number of carboxylic acid groups (broad SMARTS) is 1. The summed E-state index contributed by atoms with van der Waals surface area (Å²) in [5, 5.41) is 21.9. The van der Waals surface area contributed by atoms with Crippen molar-refractivity contribution in [2.45, 2.75) is 70.1 Å². The number of esters is 1. The molecule has 3 unspecified atom stereocenters. The van der Waals surface area contributed by atoms with E-state index in [0.717, 1.165) is 0 Å². The molecule has 2 amide bonds. The zero-order valence-corrected chi connectivity index (χ0v) is 24.6. The Morgan fingerprint density at radius 2 is 1.80 bits per heavy atom. The van der Waals surface area contributed by atoms with Crippen molar-refractivity contribution in [2.75, 3.05) is 6.79 Å². The molecule has 2 aromatic carbocycles. The highest BCUT2D eigenvalue weighted by molar-refractivity contribution is 5.94. The molecule has 0 aliphatic carbocycles. The first-order chi connectivity index (χ1) is 20.8. The molecule has 0 saturated carbocycles. The molecule has 0 radical (unpaired) electrons. The van der Waals surface area contributed by atoms with Gasteiger partial charge >= 0.3 is 11.9 Å². The number of fused-ring (bicyclic) bond motifs is 1. The molecule has 0 bridgehead atoms. The number of hydrogen-bond donors (Lipinski definition) is 4. The SMILES string of the molecule is CC(C)(O)CCC(CC(OCOC(=O)CCC(=O)O)C(Cc1cccc(F)c1)NC(=O)c1cnc2ccccc2n1)C(N)=O. The molecule has 0 saturated heterocycles. The highest BCUT2D eigenvalue weighted by atomic mass is 19.1. The standard InChI is InChI=1S/C31H37FN4O8/c1-31(2,42)13-12-20(29(33)40)16-26(43-18-44-28(39)11-10-27(37)38)24(15-19-6-5-7-21(32)14-19)36-30(41)25-17-34-22-8-3-4-9-23(22)35-25/h3-9,14,17,20,24,26,42H,10-13,15-16,18H2,1-2H3,(H2,33,40)(H,36,41)(H,37,38). The van der Waals surface area contributed by atoms with E-state index in [4.69, 9.17) is 20.3 Å². The van der Waals surface area contributed by atoms with Crippen LogP contribution >= 0.6 is 0 Å². The van der Waals surface area contributed by atoms with Gasteiger partial charge in [-0.2, -0.15) is 0 Å². The second-order valence-electron chi connectivity index (χ2n) is 11.1. The smallest absolute Gasteiger partial charge is 0.308 e. The number of carbonyl (C=O) groups excluding carboxylic acids is 3. The fourth-order valence-electron chi connectivity index (χ4n) is 4.50. The predicted molar refractivity (Wildman–Crippen MR) is 156 cm³/mol. The van der Waals surface area contributed by atoms with Gasteiger partial charge in [-0.05, 0) is 69.4 Å². The summed E-state index contributed by atoms with van der Waals surface area (Å²) in [6.07, 6.45) is -0.120. The van der Waals surface area contributed by atoms with Gasteiger partial charge in [0.15, 0.2) is 6.79 Å². The van der Waals surface area contributed by atoms with Gasteiger partial charge in [0.2, 0.25) is 5.91 Å². The van der Waals surface area contributed by atoms with Crippen LogP contribution in [0.25, 0.3) is 11.0 Å². The molecule has 0 fully saturated rings. The summed E-state index contributed by atoms with van der Waals surface area (Å²) in [5.74, 6) is -4.61. The topological polar surface area (TPSA) is 191 Å². The maximum atomic E-state index is 14.1. The Kier molecular flexibility index (Phi) is 12.2. The summed E-state index contributed by atoms with van der Waals surface area (Å²) < 4.78 is 25.1. The zero-order valence-electron chi connectivity index (χ0n) is 24.6. The normalized spacial score (nSPS) is 13.5. The van der Waals surface area contributed by atoms with Crippen LogP contribution in [0.2, 0.25) is 0 Å². The molecule has 1 aromatic heterocycles. The van der Waals surface area contributed by atoms with E-state index in [2.05, 4.69) is 15.3 Å². The zero-order chi connectivity index (χ0) is 32.3. The molecular formula is C31H37FN4O8. The molecule has 3 rings (SSSR count). The molecule has 0 aliphatic heterocycles. The van der Waals surface area contributed by atoms with E-state index in [1.54, 1.807) is 44.2 Å². The van der Waals surface area contributed by atoms with Crippen LogP contribution in [0.15, 0.2) is 54.7 Å². The number of amides is 2. The number of ether oxygens (including phenoxy) is 2. The van der Waals surface area contributed by atoms with Gasteiger partial charge in [0.05, 0.1) is 47.8 Å². The largest absolute Gasteiger partial charge is 0.481 e. The quantitative estimate of drug-likeness (QED) is 0.130. The molecule has 13 heteroatoms. The number of aliphatic hydroxyl groups is 1. The second-order valence-corrected chi connectivity index (χ2v) is 11.1. The molecule has 0 spiro atoms. The van der Waals surface area contributed by atoms with E-state index in [0.29, 0.717) is 16.6 Å². The number of carbonyl (C=O) groups is 4. The molecule has 1 heterocycles. The number of nitrogens with one attached hydrogen (secondary N) is 1. The Bertz CT molecular complexity index is 1460. The minimum atomic E-state index is -1.17. The fraction of sp³-hybridized carbons (Fsp3) is 0.419. The monoisotopic (exact) mass is 612 g/mol. The molecule has 236 valence electrons. The van der Waals surface area contributed by atoms with Gasteiger partial charge in [-0.3, -0.25) is 24.2 Å². The van der Waals surface area contributed by atoms with Gasteiger partial charge < -0.3 is 30.7 Å². The van der Waals surface area contributed by atoms with E-state index < -0.39 is 66.4 Å². The molecule has 5 N–H and O–H groups in total. The van der Waals surface area contributed by atoms with E-state index in [-0.39, 0.29) is 37.8 Å². The summed E-state index contributed by atoms with van der Waals surface area (Å²) in [6.45, 7) is 2.56. The number of primary amides is 1. The Labute approximate surface area is 253 Å². The van der Waals surface area contributed by atoms with Gasteiger partial charge in [0, 0.05) is 5.92 Å². The Balaban J connectivity index is 1.92. The predicted octanol–water partition coefficient (Wildman–Crippen LogP) is 2.90. The van der Waals surface area contributed by atoms with E-state index in [1.807, 2.05) is 0 Å². The number of hydrogen-bond acceptors (Lipinski definition) is 9. The third-order valence-electron chi connectivity index (χ3n) is 6.86. The summed E-state index contributed by atoms with van der Waals surface area (Å²) >= 11 is 0. The maximum Gasteiger partial charge on any atom is 0.308 e. The van der Waals surface area contributed by atoms with Crippen LogP contribution in [0.5, 0.6) is 0 Å². The van der Waals surface area contributed by atoms with Gasteiger partial charge in [0.25, 0.3) is 5.91 Å². The number of carboxylic acids is 1. The molecule has 3 atom stereocenters. The van der Waals surface area contributed by atoms with E-state index in [1.165, 1.54) is 24.4 Å². The average Bonchev–Trinajstić information content (AvgIpc) is 2.96. The van der Waals surface area contributed by atoms with Crippen LogP contribution in [0.3, 0.4) is 0 Å². The van der Waals surface area contributed by atoms with Gasteiger partial charge in [-0.15, -0.1) is 0 Å². The third-order valence-corrected chi connectivity index (χ3v) is 6.86.